The third-order valence-corrected chi connectivity index (χ3v) is 4.98. The maximum atomic E-state index is 12.3. The lowest BCUT2D eigenvalue weighted by atomic mass is 9.74. The van der Waals surface area contributed by atoms with Crippen LogP contribution in [0.5, 0.6) is 0 Å². The van der Waals surface area contributed by atoms with Gasteiger partial charge in [-0.1, -0.05) is 44.2 Å². The number of rotatable bonds is 7. The number of carbonyl (C=O) groups excluding carboxylic acids is 1. The lowest BCUT2D eigenvalue weighted by molar-refractivity contribution is 0.0506. The van der Waals surface area contributed by atoms with Crippen molar-refractivity contribution in [3.8, 4) is 0 Å². The molecule has 5 nitrogen and oxygen atoms in total. The number of benzene rings is 1. The molecule has 24 heavy (non-hydrogen) atoms. The normalized spacial score (nSPS) is 18.2. The average molecular weight is 334 g/mol. The van der Waals surface area contributed by atoms with Gasteiger partial charge >= 0.3 is 6.03 Å². The minimum atomic E-state index is -0.163. The van der Waals surface area contributed by atoms with Gasteiger partial charge in [0.05, 0.1) is 0 Å². The standard InChI is InChI=1S/C19H30N2O3/c1-15(2)17(8-11-22)21-18(23)20-14-19(9-12-24-13-10-19)16-6-4-3-5-7-16/h3-7,15,17,22H,8-14H2,1-2H3,(H2,20,21,23). The van der Waals surface area contributed by atoms with Crippen LogP contribution < -0.4 is 10.6 Å². The Bertz CT molecular complexity index is 499. The number of aliphatic hydroxyl groups excluding tert-OH is 1. The molecule has 1 aromatic rings. The van der Waals surface area contributed by atoms with Crippen LogP contribution in [0.2, 0.25) is 0 Å². The molecule has 3 N–H and O–H groups in total. The van der Waals surface area contributed by atoms with Gasteiger partial charge in [0, 0.05) is 37.8 Å². The number of hydrogen-bond donors (Lipinski definition) is 3. The molecule has 1 unspecified atom stereocenters. The van der Waals surface area contributed by atoms with Crippen molar-refractivity contribution < 1.29 is 14.6 Å². The number of urea groups is 1. The molecule has 2 rings (SSSR count). The van der Waals surface area contributed by atoms with Crippen LogP contribution in [0.25, 0.3) is 0 Å². The van der Waals surface area contributed by atoms with Crippen LogP contribution in [0.15, 0.2) is 30.3 Å². The second kappa shape index (κ2) is 9.04. The van der Waals surface area contributed by atoms with E-state index in [1.165, 1.54) is 5.56 Å². The molecule has 1 saturated heterocycles. The second-order valence-corrected chi connectivity index (χ2v) is 6.95. The van der Waals surface area contributed by atoms with Gasteiger partial charge in [-0.25, -0.2) is 4.79 Å². The molecule has 1 heterocycles. The highest BCUT2D eigenvalue weighted by molar-refractivity contribution is 5.74. The Balaban J connectivity index is 1.99. The molecule has 134 valence electrons. The van der Waals surface area contributed by atoms with E-state index in [1.807, 2.05) is 32.0 Å². The average Bonchev–Trinajstić information content (AvgIpc) is 2.61. The Morgan fingerprint density at radius 3 is 2.50 bits per heavy atom. The van der Waals surface area contributed by atoms with E-state index < -0.39 is 0 Å². The van der Waals surface area contributed by atoms with Crippen LogP contribution in [-0.4, -0.2) is 43.5 Å². The zero-order chi connectivity index (χ0) is 17.4. The lowest BCUT2D eigenvalue weighted by Gasteiger charge is -2.38. The van der Waals surface area contributed by atoms with E-state index in [0.717, 1.165) is 26.1 Å². The summed E-state index contributed by atoms with van der Waals surface area (Å²) in [7, 11) is 0. The van der Waals surface area contributed by atoms with Gasteiger partial charge in [-0.2, -0.15) is 0 Å². The number of amides is 2. The van der Waals surface area contributed by atoms with Gasteiger partial charge in [0.2, 0.25) is 0 Å². The number of ether oxygens (including phenoxy) is 1. The van der Waals surface area contributed by atoms with Crippen molar-refractivity contribution in [1.82, 2.24) is 10.6 Å². The predicted molar refractivity (Wildman–Crippen MR) is 95.0 cm³/mol. The van der Waals surface area contributed by atoms with Crippen LogP contribution in [0.1, 0.15) is 38.7 Å². The minimum absolute atomic E-state index is 0.0163. The molecule has 0 saturated carbocycles. The van der Waals surface area contributed by atoms with Gasteiger partial charge in [-0.15, -0.1) is 0 Å². The van der Waals surface area contributed by atoms with E-state index >= 15 is 0 Å². The summed E-state index contributed by atoms with van der Waals surface area (Å²) in [4.78, 5) is 12.3. The first-order valence-electron chi connectivity index (χ1n) is 8.86. The van der Waals surface area contributed by atoms with Crippen LogP contribution in [0.3, 0.4) is 0 Å². The van der Waals surface area contributed by atoms with Crippen molar-refractivity contribution in [3.05, 3.63) is 35.9 Å². The fourth-order valence-corrected chi connectivity index (χ4v) is 3.30. The molecule has 0 aromatic heterocycles. The summed E-state index contributed by atoms with van der Waals surface area (Å²) in [6, 6.07) is 10.2. The van der Waals surface area contributed by atoms with E-state index in [0.29, 0.717) is 13.0 Å². The quantitative estimate of drug-likeness (QED) is 0.717. The van der Waals surface area contributed by atoms with E-state index in [1.54, 1.807) is 0 Å². The van der Waals surface area contributed by atoms with Crippen molar-refractivity contribution in [3.63, 3.8) is 0 Å². The molecule has 5 heteroatoms. The monoisotopic (exact) mass is 334 g/mol. The van der Waals surface area contributed by atoms with E-state index in [-0.39, 0.29) is 30.0 Å². The smallest absolute Gasteiger partial charge is 0.315 e. The molecule has 1 fully saturated rings. The summed E-state index contributed by atoms with van der Waals surface area (Å²) in [6.07, 6.45) is 2.38. The summed E-state index contributed by atoms with van der Waals surface area (Å²) >= 11 is 0. The van der Waals surface area contributed by atoms with E-state index in [9.17, 15) is 4.79 Å². The molecule has 0 bridgehead atoms. The number of hydrogen-bond acceptors (Lipinski definition) is 3. The van der Waals surface area contributed by atoms with E-state index in [2.05, 4.69) is 22.8 Å². The van der Waals surface area contributed by atoms with Gasteiger partial charge in [0.1, 0.15) is 0 Å². The summed E-state index contributed by atoms with van der Waals surface area (Å²) in [6.45, 7) is 6.20. The highest BCUT2D eigenvalue weighted by Gasteiger charge is 2.34. The van der Waals surface area contributed by atoms with Crippen LogP contribution in [-0.2, 0) is 10.2 Å². The van der Waals surface area contributed by atoms with Crippen molar-refractivity contribution in [2.24, 2.45) is 5.92 Å². The zero-order valence-corrected chi connectivity index (χ0v) is 14.8. The van der Waals surface area contributed by atoms with Crippen molar-refractivity contribution in [2.45, 2.75) is 44.6 Å². The third kappa shape index (κ3) is 4.95. The molecular formula is C19H30N2O3. The molecule has 0 radical (unpaired) electrons. The van der Waals surface area contributed by atoms with Crippen molar-refractivity contribution in [2.75, 3.05) is 26.4 Å². The maximum Gasteiger partial charge on any atom is 0.315 e. The number of aliphatic hydroxyl groups is 1. The molecule has 0 spiro atoms. The summed E-state index contributed by atoms with van der Waals surface area (Å²) in [5, 5.41) is 15.2. The molecule has 0 aliphatic carbocycles. The molecule has 2 amide bonds. The van der Waals surface area contributed by atoms with Crippen molar-refractivity contribution in [1.29, 1.82) is 0 Å². The van der Waals surface area contributed by atoms with Crippen molar-refractivity contribution >= 4 is 6.03 Å². The largest absolute Gasteiger partial charge is 0.396 e. The number of carbonyl (C=O) groups is 1. The molecule has 1 atom stereocenters. The summed E-state index contributed by atoms with van der Waals surface area (Å²) in [5.74, 6) is 0.286. The minimum Gasteiger partial charge on any atom is -0.396 e. The van der Waals surface area contributed by atoms with Gasteiger partial charge in [-0.3, -0.25) is 0 Å². The Morgan fingerprint density at radius 1 is 1.25 bits per heavy atom. The van der Waals surface area contributed by atoms with Crippen LogP contribution in [0.4, 0.5) is 4.79 Å². The molecule has 1 aliphatic rings. The van der Waals surface area contributed by atoms with Gasteiger partial charge in [0.25, 0.3) is 0 Å². The third-order valence-electron chi connectivity index (χ3n) is 4.98. The first kappa shape index (κ1) is 18.7. The summed E-state index contributed by atoms with van der Waals surface area (Å²) in [5.41, 5.74) is 1.19. The van der Waals surface area contributed by atoms with Gasteiger partial charge < -0.3 is 20.5 Å². The topological polar surface area (TPSA) is 70.6 Å². The maximum absolute atomic E-state index is 12.3. The first-order valence-corrected chi connectivity index (χ1v) is 8.86. The highest BCUT2D eigenvalue weighted by Crippen LogP contribution is 2.34. The Hall–Kier alpha value is -1.59. The fraction of sp³-hybridized carbons (Fsp3) is 0.632. The zero-order valence-electron chi connectivity index (χ0n) is 14.8. The van der Waals surface area contributed by atoms with E-state index in [4.69, 9.17) is 9.84 Å². The summed E-state index contributed by atoms with van der Waals surface area (Å²) < 4.78 is 5.52. The van der Waals surface area contributed by atoms with Gasteiger partial charge in [0.15, 0.2) is 0 Å². The molecular weight excluding hydrogens is 304 g/mol. The Labute approximate surface area is 144 Å². The predicted octanol–water partition coefficient (Wildman–Crippen LogP) is 2.44. The molecule has 1 aliphatic heterocycles. The lowest BCUT2D eigenvalue weighted by Crippen LogP contribution is -2.50. The molecule has 1 aromatic carbocycles. The SMILES string of the molecule is CC(C)C(CCO)NC(=O)NCC1(c2ccccc2)CCOCC1. The Kier molecular flexibility index (Phi) is 7.06. The van der Waals surface area contributed by atoms with Crippen LogP contribution >= 0.6 is 0 Å². The first-order chi connectivity index (χ1) is 11.6. The highest BCUT2D eigenvalue weighted by atomic mass is 16.5. The number of nitrogens with one attached hydrogen (secondary N) is 2. The second-order valence-electron chi connectivity index (χ2n) is 6.95. The fourth-order valence-electron chi connectivity index (χ4n) is 3.30. The Morgan fingerprint density at radius 2 is 1.92 bits per heavy atom. The van der Waals surface area contributed by atoms with Crippen LogP contribution in [0, 0.1) is 5.92 Å². The van der Waals surface area contributed by atoms with Gasteiger partial charge in [-0.05, 0) is 30.7 Å².